The van der Waals surface area contributed by atoms with Crippen LogP contribution in [-0.4, -0.2) is 11.7 Å². The SMILES string of the molecule is NC(=O)C1=CCCC2=C1SCC2. The molecular formula is C9H11NOS. The van der Waals surface area contributed by atoms with Crippen LogP contribution in [0.4, 0.5) is 0 Å². The molecule has 0 aromatic heterocycles. The molecule has 2 rings (SSSR count). The van der Waals surface area contributed by atoms with E-state index in [0.717, 1.165) is 30.6 Å². The van der Waals surface area contributed by atoms with Crippen molar-refractivity contribution < 1.29 is 4.79 Å². The molecule has 2 aliphatic rings. The zero-order valence-corrected chi connectivity index (χ0v) is 7.62. The van der Waals surface area contributed by atoms with Crippen LogP contribution in [0.3, 0.4) is 0 Å². The summed E-state index contributed by atoms with van der Waals surface area (Å²) in [5, 5.41) is 0. The van der Waals surface area contributed by atoms with Gasteiger partial charge in [-0.2, -0.15) is 0 Å². The van der Waals surface area contributed by atoms with Crippen molar-refractivity contribution in [3.63, 3.8) is 0 Å². The minimum absolute atomic E-state index is 0.267. The Hall–Kier alpha value is -0.700. The summed E-state index contributed by atoms with van der Waals surface area (Å²) in [7, 11) is 0. The lowest BCUT2D eigenvalue weighted by Gasteiger charge is -2.12. The second-order valence-corrected chi connectivity index (χ2v) is 4.16. The molecule has 1 heterocycles. The number of allylic oxidation sites excluding steroid dienone is 2. The predicted octanol–water partition coefficient (Wildman–Crippen LogP) is 1.58. The molecule has 1 aliphatic carbocycles. The van der Waals surface area contributed by atoms with E-state index in [2.05, 4.69) is 0 Å². The lowest BCUT2D eigenvalue weighted by molar-refractivity contribution is -0.114. The molecule has 0 saturated carbocycles. The number of hydrogen-bond acceptors (Lipinski definition) is 2. The van der Waals surface area contributed by atoms with Crippen molar-refractivity contribution in [1.29, 1.82) is 0 Å². The first-order valence-corrected chi connectivity index (χ1v) is 5.13. The van der Waals surface area contributed by atoms with Crippen LogP contribution in [0.2, 0.25) is 0 Å². The molecule has 0 fully saturated rings. The second-order valence-electron chi connectivity index (χ2n) is 3.05. The van der Waals surface area contributed by atoms with E-state index in [1.54, 1.807) is 11.8 Å². The first-order chi connectivity index (χ1) is 5.79. The van der Waals surface area contributed by atoms with Crippen molar-refractivity contribution in [3.05, 3.63) is 22.1 Å². The molecule has 2 nitrogen and oxygen atoms in total. The summed E-state index contributed by atoms with van der Waals surface area (Å²) < 4.78 is 0. The number of carbonyl (C=O) groups is 1. The van der Waals surface area contributed by atoms with Crippen molar-refractivity contribution in [3.8, 4) is 0 Å². The van der Waals surface area contributed by atoms with Gasteiger partial charge in [0.25, 0.3) is 0 Å². The Morgan fingerprint density at radius 2 is 2.33 bits per heavy atom. The summed E-state index contributed by atoms with van der Waals surface area (Å²) in [6, 6.07) is 0. The molecule has 0 atom stereocenters. The quantitative estimate of drug-likeness (QED) is 0.667. The van der Waals surface area contributed by atoms with Gasteiger partial charge in [-0.1, -0.05) is 11.6 Å². The number of carbonyl (C=O) groups excluding carboxylic acids is 1. The van der Waals surface area contributed by atoms with Gasteiger partial charge in [0.15, 0.2) is 0 Å². The van der Waals surface area contributed by atoms with E-state index in [0.29, 0.717) is 0 Å². The van der Waals surface area contributed by atoms with E-state index in [1.807, 2.05) is 6.08 Å². The van der Waals surface area contributed by atoms with Crippen molar-refractivity contribution in [2.24, 2.45) is 5.73 Å². The van der Waals surface area contributed by atoms with Crippen LogP contribution in [0.5, 0.6) is 0 Å². The van der Waals surface area contributed by atoms with E-state index in [9.17, 15) is 4.79 Å². The van der Waals surface area contributed by atoms with Crippen LogP contribution in [0.1, 0.15) is 19.3 Å². The molecule has 0 spiro atoms. The molecule has 0 aromatic rings. The summed E-state index contributed by atoms with van der Waals surface area (Å²) in [4.78, 5) is 12.2. The highest BCUT2D eigenvalue weighted by Crippen LogP contribution is 2.41. The Bertz CT molecular complexity index is 291. The average Bonchev–Trinajstić information content (AvgIpc) is 2.49. The molecule has 64 valence electrons. The second kappa shape index (κ2) is 2.98. The third kappa shape index (κ3) is 1.18. The number of rotatable bonds is 1. The maximum atomic E-state index is 11.0. The summed E-state index contributed by atoms with van der Waals surface area (Å²) >= 11 is 1.77. The molecule has 3 heteroatoms. The van der Waals surface area contributed by atoms with Gasteiger partial charge in [0.2, 0.25) is 5.91 Å². The van der Waals surface area contributed by atoms with Crippen molar-refractivity contribution in [1.82, 2.24) is 0 Å². The molecule has 0 saturated heterocycles. The first-order valence-electron chi connectivity index (χ1n) is 4.14. The van der Waals surface area contributed by atoms with Gasteiger partial charge in [-0.3, -0.25) is 4.79 Å². The topological polar surface area (TPSA) is 43.1 Å². The number of hydrogen-bond donors (Lipinski definition) is 1. The summed E-state index contributed by atoms with van der Waals surface area (Å²) in [5.41, 5.74) is 7.47. The van der Waals surface area contributed by atoms with Crippen LogP contribution in [0.15, 0.2) is 22.1 Å². The number of nitrogens with two attached hydrogens (primary N) is 1. The van der Waals surface area contributed by atoms with Crippen LogP contribution in [-0.2, 0) is 4.79 Å². The number of primary amides is 1. The lowest BCUT2D eigenvalue weighted by atomic mass is 9.97. The monoisotopic (exact) mass is 181 g/mol. The molecule has 1 amide bonds. The van der Waals surface area contributed by atoms with E-state index >= 15 is 0 Å². The van der Waals surface area contributed by atoms with Crippen molar-refractivity contribution >= 4 is 17.7 Å². The van der Waals surface area contributed by atoms with E-state index < -0.39 is 0 Å². The van der Waals surface area contributed by atoms with Crippen LogP contribution in [0.25, 0.3) is 0 Å². The smallest absolute Gasteiger partial charge is 0.249 e. The average molecular weight is 181 g/mol. The zero-order valence-electron chi connectivity index (χ0n) is 6.80. The van der Waals surface area contributed by atoms with Crippen molar-refractivity contribution in [2.75, 3.05) is 5.75 Å². The fraction of sp³-hybridized carbons (Fsp3) is 0.444. The highest BCUT2D eigenvalue weighted by atomic mass is 32.2. The molecule has 0 bridgehead atoms. The molecule has 12 heavy (non-hydrogen) atoms. The fourth-order valence-corrected chi connectivity index (χ4v) is 2.99. The molecule has 0 unspecified atom stereocenters. The molecular weight excluding hydrogens is 170 g/mol. The Labute approximate surface area is 75.9 Å². The third-order valence-corrected chi connectivity index (χ3v) is 3.48. The van der Waals surface area contributed by atoms with E-state index in [1.165, 1.54) is 10.5 Å². The first kappa shape index (κ1) is 7.92. The Balaban J connectivity index is 2.34. The van der Waals surface area contributed by atoms with Gasteiger partial charge in [0.05, 0.1) is 0 Å². The predicted molar refractivity (Wildman–Crippen MR) is 50.6 cm³/mol. The minimum atomic E-state index is -0.267. The van der Waals surface area contributed by atoms with E-state index in [4.69, 9.17) is 5.73 Å². The van der Waals surface area contributed by atoms with Gasteiger partial charge in [-0.15, -0.1) is 11.8 Å². The molecule has 0 radical (unpaired) electrons. The highest BCUT2D eigenvalue weighted by molar-refractivity contribution is 8.03. The van der Waals surface area contributed by atoms with Crippen molar-refractivity contribution in [2.45, 2.75) is 19.3 Å². The van der Waals surface area contributed by atoms with Crippen LogP contribution >= 0.6 is 11.8 Å². The number of amides is 1. The molecule has 2 N–H and O–H groups in total. The maximum Gasteiger partial charge on any atom is 0.249 e. The Kier molecular flexibility index (Phi) is 1.97. The minimum Gasteiger partial charge on any atom is -0.366 e. The van der Waals surface area contributed by atoms with E-state index in [-0.39, 0.29) is 5.91 Å². The van der Waals surface area contributed by atoms with Gasteiger partial charge >= 0.3 is 0 Å². The van der Waals surface area contributed by atoms with Crippen LogP contribution in [0, 0.1) is 0 Å². The maximum absolute atomic E-state index is 11.0. The fourth-order valence-electron chi connectivity index (χ4n) is 1.69. The van der Waals surface area contributed by atoms with Gasteiger partial charge < -0.3 is 5.73 Å². The molecule has 1 aliphatic heterocycles. The van der Waals surface area contributed by atoms with Crippen LogP contribution < -0.4 is 5.73 Å². The summed E-state index contributed by atoms with van der Waals surface area (Å²) in [6.45, 7) is 0. The Morgan fingerprint density at radius 3 is 3.08 bits per heavy atom. The lowest BCUT2D eigenvalue weighted by Crippen LogP contribution is -2.16. The third-order valence-electron chi connectivity index (χ3n) is 2.28. The summed E-state index contributed by atoms with van der Waals surface area (Å²) in [5.74, 6) is 0.853. The number of thioether (sulfide) groups is 1. The largest absolute Gasteiger partial charge is 0.366 e. The van der Waals surface area contributed by atoms with Gasteiger partial charge in [-0.25, -0.2) is 0 Å². The molecule has 0 aromatic carbocycles. The summed E-state index contributed by atoms with van der Waals surface area (Å²) in [6.07, 6.45) is 5.22. The van der Waals surface area contributed by atoms with Gasteiger partial charge in [0, 0.05) is 16.2 Å². The van der Waals surface area contributed by atoms with Gasteiger partial charge in [-0.05, 0) is 19.3 Å². The van der Waals surface area contributed by atoms with Gasteiger partial charge in [0.1, 0.15) is 0 Å². The highest BCUT2D eigenvalue weighted by Gasteiger charge is 2.23. The standard InChI is InChI=1S/C9H11NOS/c10-9(11)7-3-1-2-6-4-5-12-8(6)7/h3H,1-2,4-5H2,(H2,10,11). The normalized spacial score (nSPS) is 22.2. The Morgan fingerprint density at radius 1 is 1.50 bits per heavy atom. The zero-order chi connectivity index (χ0) is 8.55.